The molecule has 1 aliphatic heterocycles. The minimum atomic E-state index is -0.561. The van der Waals surface area contributed by atoms with Crippen LogP contribution in [0, 0.1) is 11.7 Å². The van der Waals surface area contributed by atoms with E-state index in [1.165, 1.54) is 6.07 Å². The topological polar surface area (TPSA) is 29.5 Å². The van der Waals surface area contributed by atoms with E-state index in [0.717, 1.165) is 30.5 Å². The molecular formula is C18H25BrFNO2. The number of halogens is 2. The quantitative estimate of drug-likeness (QED) is 0.654. The van der Waals surface area contributed by atoms with Gasteiger partial charge in [-0.15, -0.1) is 0 Å². The van der Waals surface area contributed by atoms with E-state index in [2.05, 4.69) is 29.8 Å². The van der Waals surface area contributed by atoms with Gasteiger partial charge in [-0.1, -0.05) is 13.8 Å². The molecular weight excluding hydrogens is 361 g/mol. The number of carbonyl (C=O) groups excluding carboxylic acids is 1. The molecule has 0 saturated carbocycles. The number of carbonyl (C=O) groups is 1. The monoisotopic (exact) mass is 385 g/mol. The smallest absolute Gasteiger partial charge is 0.415 e. The molecule has 0 N–H and O–H groups in total. The molecule has 0 aromatic heterocycles. The van der Waals surface area contributed by atoms with Crippen LogP contribution in [0.1, 0.15) is 53.0 Å². The Morgan fingerprint density at radius 1 is 1.43 bits per heavy atom. The number of hydrogen-bond donors (Lipinski definition) is 0. The Labute approximate surface area is 146 Å². The lowest BCUT2D eigenvalue weighted by molar-refractivity contribution is 0.0556. The van der Waals surface area contributed by atoms with Crippen molar-refractivity contribution < 1.29 is 13.9 Å². The highest BCUT2D eigenvalue weighted by Crippen LogP contribution is 2.37. The van der Waals surface area contributed by atoms with Crippen LogP contribution in [0.25, 0.3) is 0 Å². The minimum absolute atomic E-state index is 0.0784. The first-order valence-corrected chi connectivity index (χ1v) is 8.88. The summed E-state index contributed by atoms with van der Waals surface area (Å²) in [6.45, 7) is 9.85. The lowest BCUT2D eigenvalue weighted by Gasteiger charge is -2.39. The van der Waals surface area contributed by atoms with Gasteiger partial charge >= 0.3 is 6.09 Å². The van der Waals surface area contributed by atoms with Crippen molar-refractivity contribution in [1.29, 1.82) is 0 Å². The maximum Gasteiger partial charge on any atom is 0.415 e. The molecule has 0 aliphatic carbocycles. The number of fused-ring (bicyclic) bond motifs is 1. The molecule has 1 aromatic carbocycles. The average molecular weight is 386 g/mol. The summed E-state index contributed by atoms with van der Waals surface area (Å²) in [5, 5.41) is 0. The van der Waals surface area contributed by atoms with E-state index in [9.17, 15) is 9.18 Å². The van der Waals surface area contributed by atoms with Crippen molar-refractivity contribution >= 4 is 27.7 Å². The van der Waals surface area contributed by atoms with Crippen LogP contribution in [0.4, 0.5) is 14.9 Å². The summed E-state index contributed by atoms with van der Waals surface area (Å²) in [6.07, 6.45) is 2.14. The zero-order valence-electron chi connectivity index (χ0n) is 14.5. The van der Waals surface area contributed by atoms with Gasteiger partial charge in [0.05, 0.1) is 10.2 Å². The fourth-order valence-electron chi connectivity index (χ4n) is 2.98. The van der Waals surface area contributed by atoms with Crippen molar-refractivity contribution in [3.05, 3.63) is 28.0 Å². The summed E-state index contributed by atoms with van der Waals surface area (Å²) in [5.41, 5.74) is 1.05. The maximum absolute atomic E-state index is 13.8. The molecule has 0 fully saturated rings. The Balaban J connectivity index is 2.42. The van der Waals surface area contributed by atoms with E-state index < -0.39 is 5.60 Å². The predicted molar refractivity (Wildman–Crippen MR) is 94.4 cm³/mol. The molecule has 1 unspecified atom stereocenters. The highest BCUT2D eigenvalue weighted by atomic mass is 79.9. The molecule has 0 saturated heterocycles. The van der Waals surface area contributed by atoms with Gasteiger partial charge in [0.1, 0.15) is 11.4 Å². The normalized spacial score (nSPS) is 18.1. The van der Waals surface area contributed by atoms with E-state index in [0.29, 0.717) is 10.4 Å². The third-order valence-corrected chi connectivity index (χ3v) is 4.43. The molecule has 0 bridgehead atoms. The van der Waals surface area contributed by atoms with Crippen molar-refractivity contribution in [1.82, 2.24) is 0 Å². The zero-order chi connectivity index (χ0) is 17.4. The fourth-order valence-corrected chi connectivity index (χ4v) is 3.31. The van der Waals surface area contributed by atoms with Gasteiger partial charge in [0, 0.05) is 6.04 Å². The van der Waals surface area contributed by atoms with E-state index in [1.54, 1.807) is 11.0 Å². The number of anilines is 1. The number of nitrogens with zero attached hydrogens (tertiary/aromatic N) is 1. The first kappa shape index (κ1) is 18.2. The Kier molecular flexibility index (Phi) is 5.39. The molecule has 23 heavy (non-hydrogen) atoms. The fraction of sp³-hybridized carbons (Fsp3) is 0.611. The second-order valence-corrected chi connectivity index (χ2v) is 8.42. The van der Waals surface area contributed by atoms with E-state index in [4.69, 9.17) is 4.74 Å². The molecule has 1 atom stereocenters. The molecule has 0 radical (unpaired) electrons. The number of ether oxygens (including phenoxy) is 1. The zero-order valence-corrected chi connectivity index (χ0v) is 16.0. The minimum Gasteiger partial charge on any atom is -0.443 e. The van der Waals surface area contributed by atoms with Crippen LogP contribution in [0.15, 0.2) is 16.6 Å². The lowest BCUT2D eigenvalue weighted by atomic mass is 9.91. The van der Waals surface area contributed by atoms with Gasteiger partial charge in [0.25, 0.3) is 0 Å². The highest BCUT2D eigenvalue weighted by molar-refractivity contribution is 9.10. The van der Waals surface area contributed by atoms with E-state index >= 15 is 0 Å². The summed E-state index contributed by atoms with van der Waals surface area (Å²) in [5.74, 6) is 0.172. The van der Waals surface area contributed by atoms with E-state index in [-0.39, 0.29) is 18.0 Å². The van der Waals surface area contributed by atoms with E-state index in [1.807, 2.05) is 20.8 Å². The van der Waals surface area contributed by atoms with Crippen LogP contribution in [0.5, 0.6) is 0 Å². The van der Waals surface area contributed by atoms with Crippen LogP contribution in [-0.2, 0) is 11.2 Å². The number of rotatable bonds is 2. The van der Waals surface area contributed by atoms with Crippen molar-refractivity contribution in [2.24, 2.45) is 5.92 Å². The van der Waals surface area contributed by atoms with Gasteiger partial charge in [-0.25, -0.2) is 9.18 Å². The predicted octanol–water partition coefficient (Wildman–Crippen LogP) is 5.69. The molecule has 1 amide bonds. The van der Waals surface area contributed by atoms with Crippen LogP contribution >= 0.6 is 15.9 Å². The van der Waals surface area contributed by atoms with Gasteiger partial charge in [-0.3, -0.25) is 4.90 Å². The van der Waals surface area contributed by atoms with Gasteiger partial charge < -0.3 is 4.74 Å². The molecule has 5 heteroatoms. The van der Waals surface area contributed by atoms with Crippen LogP contribution in [0.3, 0.4) is 0 Å². The van der Waals surface area contributed by atoms with Crippen molar-refractivity contribution in [3.8, 4) is 0 Å². The maximum atomic E-state index is 13.8. The van der Waals surface area contributed by atoms with Gasteiger partial charge in [-0.05, 0) is 79.6 Å². The number of hydrogen-bond acceptors (Lipinski definition) is 2. The van der Waals surface area contributed by atoms with Gasteiger partial charge in [-0.2, -0.15) is 0 Å². The number of benzene rings is 1. The van der Waals surface area contributed by atoms with Crippen molar-refractivity contribution in [3.63, 3.8) is 0 Å². The Hall–Kier alpha value is -1.10. The second-order valence-electron chi connectivity index (χ2n) is 7.57. The highest BCUT2D eigenvalue weighted by Gasteiger charge is 2.35. The molecule has 1 heterocycles. The van der Waals surface area contributed by atoms with Gasteiger partial charge in [0.2, 0.25) is 0 Å². The Bertz CT molecular complexity index is 595. The largest absolute Gasteiger partial charge is 0.443 e. The Morgan fingerprint density at radius 3 is 2.65 bits per heavy atom. The standard InChI is InChI=1S/C18H25BrFNO2/c1-11(2)8-13-7-6-12-9-15(20)14(19)10-16(12)21(13)17(22)23-18(3,4)5/h9-11,13H,6-8H2,1-5H3. The van der Waals surface area contributed by atoms with Crippen LogP contribution in [-0.4, -0.2) is 17.7 Å². The molecule has 2 rings (SSSR count). The summed E-state index contributed by atoms with van der Waals surface area (Å²) in [6, 6.07) is 3.29. The molecule has 0 spiro atoms. The third kappa shape index (κ3) is 4.46. The molecule has 1 aliphatic rings. The summed E-state index contributed by atoms with van der Waals surface area (Å²) in [7, 11) is 0. The second kappa shape index (κ2) is 6.80. The molecule has 1 aromatic rings. The van der Waals surface area contributed by atoms with Crippen LogP contribution < -0.4 is 4.90 Å². The first-order valence-electron chi connectivity index (χ1n) is 8.08. The van der Waals surface area contributed by atoms with Crippen molar-refractivity contribution in [2.45, 2.75) is 65.5 Å². The average Bonchev–Trinajstić information content (AvgIpc) is 2.37. The lowest BCUT2D eigenvalue weighted by Crippen LogP contribution is -2.46. The van der Waals surface area contributed by atoms with Gasteiger partial charge in [0.15, 0.2) is 0 Å². The summed E-state index contributed by atoms with van der Waals surface area (Å²) >= 11 is 3.23. The van der Waals surface area contributed by atoms with Crippen LogP contribution in [0.2, 0.25) is 0 Å². The molecule has 128 valence electrons. The summed E-state index contributed by atoms with van der Waals surface area (Å²) in [4.78, 5) is 14.5. The summed E-state index contributed by atoms with van der Waals surface area (Å²) < 4.78 is 19.8. The Morgan fingerprint density at radius 2 is 2.09 bits per heavy atom. The SMILES string of the molecule is CC(C)CC1CCc2cc(F)c(Br)cc2N1C(=O)OC(C)(C)C. The number of aryl methyl sites for hydroxylation is 1. The first-order chi connectivity index (χ1) is 10.6. The number of amides is 1. The van der Waals surface area contributed by atoms with Crippen molar-refractivity contribution in [2.75, 3.05) is 4.90 Å². The molecule has 3 nitrogen and oxygen atoms in total. The third-order valence-electron chi connectivity index (χ3n) is 3.83.